The Morgan fingerprint density at radius 2 is 2.37 bits per heavy atom. The number of nitrogens with zero attached hydrogens (tertiary/aromatic N) is 3. The molecule has 0 atom stereocenters. The number of nitrogens with one attached hydrogen (secondary N) is 1. The highest BCUT2D eigenvalue weighted by atomic mass is 16.1. The average Bonchev–Trinajstić information content (AvgIpc) is 2.87. The zero-order valence-corrected chi connectivity index (χ0v) is 10.4. The SMILES string of the molecule is CCNC(=O)c1ccc(-n2ccnc2C#N)c(N)c1. The van der Waals surface area contributed by atoms with Gasteiger partial charge in [-0.15, -0.1) is 0 Å². The molecule has 1 aromatic heterocycles. The lowest BCUT2D eigenvalue weighted by molar-refractivity contribution is 0.0956. The second kappa shape index (κ2) is 5.23. The molecule has 19 heavy (non-hydrogen) atoms. The summed E-state index contributed by atoms with van der Waals surface area (Å²) in [6.45, 7) is 2.40. The molecule has 96 valence electrons. The number of rotatable bonds is 3. The summed E-state index contributed by atoms with van der Waals surface area (Å²) >= 11 is 0. The second-order valence-corrected chi connectivity index (χ2v) is 3.87. The van der Waals surface area contributed by atoms with Gasteiger partial charge in [0.2, 0.25) is 5.82 Å². The third-order valence-electron chi connectivity index (χ3n) is 2.63. The van der Waals surface area contributed by atoms with Crippen LogP contribution in [0.5, 0.6) is 0 Å². The highest BCUT2D eigenvalue weighted by Crippen LogP contribution is 2.20. The predicted octanol–water partition coefficient (Wildman–Crippen LogP) is 1.08. The van der Waals surface area contributed by atoms with Crippen LogP contribution in [-0.2, 0) is 0 Å². The van der Waals surface area contributed by atoms with Gasteiger partial charge in [-0.2, -0.15) is 5.26 Å². The zero-order chi connectivity index (χ0) is 13.8. The molecule has 1 amide bonds. The van der Waals surface area contributed by atoms with Crippen molar-refractivity contribution in [2.45, 2.75) is 6.92 Å². The first-order chi connectivity index (χ1) is 9.17. The number of carbonyl (C=O) groups excluding carboxylic acids is 1. The lowest BCUT2D eigenvalue weighted by Gasteiger charge is -2.09. The number of nitrogen functional groups attached to an aromatic ring is 1. The first-order valence-electron chi connectivity index (χ1n) is 5.79. The van der Waals surface area contributed by atoms with Crippen LogP contribution >= 0.6 is 0 Å². The molecule has 2 rings (SSSR count). The molecule has 0 unspecified atom stereocenters. The summed E-state index contributed by atoms with van der Waals surface area (Å²) in [5.74, 6) is 0.0735. The molecule has 0 saturated heterocycles. The molecule has 0 bridgehead atoms. The topological polar surface area (TPSA) is 96.7 Å². The van der Waals surface area contributed by atoms with Crippen molar-refractivity contribution < 1.29 is 4.79 Å². The van der Waals surface area contributed by atoms with Gasteiger partial charge in [0.1, 0.15) is 6.07 Å². The highest BCUT2D eigenvalue weighted by Gasteiger charge is 2.10. The molecule has 6 nitrogen and oxygen atoms in total. The number of amides is 1. The second-order valence-electron chi connectivity index (χ2n) is 3.87. The van der Waals surface area contributed by atoms with E-state index in [2.05, 4.69) is 10.3 Å². The van der Waals surface area contributed by atoms with Gasteiger partial charge < -0.3 is 11.1 Å². The van der Waals surface area contributed by atoms with E-state index >= 15 is 0 Å². The minimum Gasteiger partial charge on any atom is -0.397 e. The quantitative estimate of drug-likeness (QED) is 0.802. The van der Waals surface area contributed by atoms with Crippen molar-refractivity contribution in [2.24, 2.45) is 0 Å². The number of aromatic nitrogens is 2. The minimum absolute atomic E-state index is 0.174. The van der Waals surface area contributed by atoms with Crippen molar-refractivity contribution in [3.63, 3.8) is 0 Å². The van der Waals surface area contributed by atoms with E-state index in [0.717, 1.165) is 0 Å². The molecule has 1 heterocycles. The number of nitrogens with two attached hydrogens (primary N) is 1. The molecule has 2 aromatic rings. The molecule has 0 spiro atoms. The Balaban J connectivity index is 2.41. The van der Waals surface area contributed by atoms with E-state index in [-0.39, 0.29) is 11.7 Å². The molecule has 0 radical (unpaired) electrons. The Morgan fingerprint density at radius 1 is 1.58 bits per heavy atom. The van der Waals surface area contributed by atoms with Gasteiger partial charge in [0.05, 0.1) is 11.4 Å². The highest BCUT2D eigenvalue weighted by molar-refractivity contribution is 5.95. The maximum Gasteiger partial charge on any atom is 0.251 e. The van der Waals surface area contributed by atoms with E-state index in [0.29, 0.717) is 23.5 Å². The predicted molar refractivity (Wildman–Crippen MR) is 70.7 cm³/mol. The lowest BCUT2D eigenvalue weighted by Crippen LogP contribution is -2.22. The summed E-state index contributed by atoms with van der Waals surface area (Å²) in [4.78, 5) is 15.6. The third-order valence-corrected chi connectivity index (χ3v) is 2.63. The van der Waals surface area contributed by atoms with Crippen molar-refractivity contribution in [3.05, 3.63) is 42.0 Å². The molecule has 1 aromatic carbocycles. The fraction of sp³-hybridized carbons (Fsp3) is 0.154. The molecule has 0 aliphatic heterocycles. The largest absolute Gasteiger partial charge is 0.397 e. The van der Waals surface area contributed by atoms with E-state index in [1.54, 1.807) is 29.0 Å². The van der Waals surface area contributed by atoms with Gasteiger partial charge in [-0.3, -0.25) is 9.36 Å². The van der Waals surface area contributed by atoms with Gasteiger partial charge in [-0.25, -0.2) is 4.98 Å². The average molecular weight is 255 g/mol. The summed E-state index contributed by atoms with van der Waals surface area (Å²) in [5.41, 5.74) is 7.46. The standard InChI is InChI=1S/C13H13N5O/c1-2-16-13(19)9-3-4-11(10(15)7-9)18-6-5-17-12(18)8-14/h3-7H,2,15H2,1H3,(H,16,19). The van der Waals surface area contributed by atoms with E-state index in [9.17, 15) is 4.79 Å². The van der Waals surface area contributed by atoms with Crippen LogP contribution < -0.4 is 11.1 Å². The molecular weight excluding hydrogens is 242 g/mol. The Bertz CT molecular complexity index is 653. The van der Waals surface area contributed by atoms with Crippen LogP contribution in [0, 0.1) is 11.3 Å². The maximum atomic E-state index is 11.7. The normalized spacial score (nSPS) is 9.89. The van der Waals surface area contributed by atoms with Gasteiger partial charge in [-0.05, 0) is 25.1 Å². The fourth-order valence-electron chi connectivity index (χ4n) is 1.76. The zero-order valence-electron chi connectivity index (χ0n) is 10.4. The number of hydrogen-bond donors (Lipinski definition) is 2. The van der Waals surface area contributed by atoms with Crippen LogP contribution in [0.25, 0.3) is 5.69 Å². The molecule has 6 heteroatoms. The van der Waals surface area contributed by atoms with Gasteiger partial charge in [0.15, 0.2) is 0 Å². The Kier molecular flexibility index (Phi) is 3.48. The number of benzene rings is 1. The van der Waals surface area contributed by atoms with Crippen LogP contribution in [0.15, 0.2) is 30.6 Å². The van der Waals surface area contributed by atoms with Gasteiger partial charge in [-0.1, -0.05) is 0 Å². The fourth-order valence-corrected chi connectivity index (χ4v) is 1.76. The summed E-state index contributed by atoms with van der Waals surface area (Å²) in [6.07, 6.45) is 3.17. The summed E-state index contributed by atoms with van der Waals surface area (Å²) in [6, 6.07) is 6.92. The summed E-state index contributed by atoms with van der Waals surface area (Å²) in [7, 11) is 0. The number of carbonyl (C=O) groups is 1. The van der Waals surface area contributed by atoms with Gasteiger partial charge in [0.25, 0.3) is 5.91 Å². The van der Waals surface area contributed by atoms with Gasteiger partial charge in [0, 0.05) is 24.5 Å². The monoisotopic (exact) mass is 255 g/mol. The number of imidazole rings is 1. The number of anilines is 1. The first kappa shape index (κ1) is 12.6. The molecule has 3 N–H and O–H groups in total. The molecule has 0 fully saturated rings. The first-order valence-corrected chi connectivity index (χ1v) is 5.79. The van der Waals surface area contributed by atoms with Crippen molar-refractivity contribution in [1.82, 2.24) is 14.9 Å². The van der Waals surface area contributed by atoms with Crippen molar-refractivity contribution in [2.75, 3.05) is 12.3 Å². The molecule has 0 aliphatic rings. The van der Waals surface area contributed by atoms with Crippen molar-refractivity contribution in [1.29, 1.82) is 5.26 Å². The van der Waals surface area contributed by atoms with Crippen molar-refractivity contribution >= 4 is 11.6 Å². The Labute approximate surface area is 110 Å². The van der Waals surface area contributed by atoms with E-state index in [4.69, 9.17) is 11.0 Å². The Morgan fingerprint density at radius 3 is 3.00 bits per heavy atom. The minimum atomic E-state index is -0.174. The van der Waals surface area contributed by atoms with E-state index in [1.807, 2.05) is 13.0 Å². The van der Waals surface area contributed by atoms with Crippen LogP contribution in [0.2, 0.25) is 0 Å². The van der Waals surface area contributed by atoms with E-state index < -0.39 is 0 Å². The van der Waals surface area contributed by atoms with Crippen LogP contribution in [-0.4, -0.2) is 22.0 Å². The van der Waals surface area contributed by atoms with Crippen LogP contribution in [0.4, 0.5) is 5.69 Å². The van der Waals surface area contributed by atoms with E-state index in [1.165, 1.54) is 6.20 Å². The van der Waals surface area contributed by atoms with Gasteiger partial charge >= 0.3 is 0 Å². The molecule has 0 saturated carbocycles. The smallest absolute Gasteiger partial charge is 0.251 e. The number of nitriles is 1. The number of hydrogen-bond acceptors (Lipinski definition) is 4. The lowest BCUT2D eigenvalue weighted by atomic mass is 10.1. The Hall–Kier alpha value is -2.81. The summed E-state index contributed by atoms with van der Waals surface area (Å²) < 4.78 is 1.58. The molecule has 0 aliphatic carbocycles. The van der Waals surface area contributed by atoms with Crippen LogP contribution in [0.1, 0.15) is 23.1 Å². The third kappa shape index (κ3) is 2.40. The van der Waals surface area contributed by atoms with Crippen LogP contribution in [0.3, 0.4) is 0 Å². The summed E-state index contributed by atoms with van der Waals surface area (Å²) in [5, 5.41) is 11.6. The maximum absolute atomic E-state index is 11.7. The van der Waals surface area contributed by atoms with Crippen molar-refractivity contribution in [3.8, 4) is 11.8 Å². The molecular formula is C13H13N5O.